The fraction of sp³-hybridized carbons (Fsp3) is 0.250. The van der Waals surface area contributed by atoms with Gasteiger partial charge in [-0.2, -0.15) is 4.37 Å². The molecule has 0 aliphatic heterocycles. The van der Waals surface area contributed by atoms with Gasteiger partial charge in [0.25, 0.3) is 0 Å². The van der Waals surface area contributed by atoms with Gasteiger partial charge in [0.2, 0.25) is 0 Å². The van der Waals surface area contributed by atoms with E-state index < -0.39 is 0 Å². The van der Waals surface area contributed by atoms with Crippen LogP contribution in [0.5, 0.6) is 0 Å². The summed E-state index contributed by atoms with van der Waals surface area (Å²) in [6.45, 7) is 1.87. The lowest BCUT2D eigenvalue weighted by Crippen LogP contribution is -1.93. The molecule has 5 nitrogen and oxygen atoms in total. The molecular formula is C8H9N5S2. The van der Waals surface area contributed by atoms with Crippen molar-refractivity contribution in [1.82, 2.24) is 19.3 Å². The van der Waals surface area contributed by atoms with Crippen LogP contribution in [0.1, 0.15) is 5.82 Å². The van der Waals surface area contributed by atoms with Crippen LogP contribution in [-0.4, -0.2) is 26.4 Å². The Morgan fingerprint density at radius 3 is 2.93 bits per heavy atom. The average molecular weight is 239 g/mol. The summed E-state index contributed by atoms with van der Waals surface area (Å²) in [5.74, 6) is 1.60. The van der Waals surface area contributed by atoms with E-state index in [0.29, 0.717) is 0 Å². The van der Waals surface area contributed by atoms with Gasteiger partial charge in [0.05, 0.1) is 0 Å². The van der Waals surface area contributed by atoms with Gasteiger partial charge in [-0.1, -0.05) is 0 Å². The maximum atomic E-state index is 4.25. The summed E-state index contributed by atoms with van der Waals surface area (Å²) in [4.78, 5) is 12.4. The average Bonchev–Trinajstić information content (AvgIpc) is 2.64. The molecule has 0 spiro atoms. The molecule has 2 heterocycles. The second kappa shape index (κ2) is 4.54. The monoisotopic (exact) mass is 239 g/mol. The van der Waals surface area contributed by atoms with Crippen molar-refractivity contribution in [2.75, 3.05) is 12.4 Å². The number of anilines is 1. The number of hydrogen-bond donors (Lipinski definition) is 1. The highest BCUT2D eigenvalue weighted by atomic mass is 32.2. The van der Waals surface area contributed by atoms with Crippen LogP contribution in [0.3, 0.4) is 0 Å². The minimum absolute atomic E-state index is 0.797. The number of aryl methyl sites for hydroxylation is 1. The van der Waals surface area contributed by atoms with Gasteiger partial charge in [-0.25, -0.2) is 15.0 Å². The molecule has 0 aliphatic rings. The highest BCUT2D eigenvalue weighted by Gasteiger charge is 2.04. The van der Waals surface area contributed by atoms with E-state index in [1.54, 1.807) is 0 Å². The van der Waals surface area contributed by atoms with Crippen molar-refractivity contribution in [1.29, 1.82) is 0 Å². The lowest BCUT2D eigenvalue weighted by Gasteiger charge is -1.99. The van der Waals surface area contributed by atoms with Gasteiger partial charge in [0.1, 0.15) is 23.0 Å². The first-order valence-electron chi connectivity index (χ1n) is 4.26. The van der Waals surface area contributed by atoms with Gasteiger partial charge in [-0.3, -0.25) is 0 Å². The molecule has 0 amide bonds. The Morgan fingerprint density at radius 2 is 2.27 bits per heavy atom. The first kappa shape index (κ1) is 10.3. The first-order chi connectivity index (χ1) is 7.28. The van der Waals surface area contributed by atoms with Crippen molar-refractivity contribution in [3.63, 3.8) is 0 Å². The van der Waals surface area contributed by atoms with E-state index in [1.165, 1.54) is 29.6 Å². The van der Waals surface area contributed by atoms with E-state index in [1.807, 2.05) is 20.0 Å². The van der Waals surface area contributed by atoms with Crippen LogP contribution in [0, 0.1) is 6.92 Å². The predicted molar refractivity (Wildman–Crippen MR) is 60.3 cm³/mol. The van der Waals surface area contributed by atoms with E-state index >= 15 is 0 Å². The highest BCUT2D eigenvalue weighted by molar-refractivity contribution is 8.00. The molecule has 1 N–H and O–H groups in total. The minimum atomic E-state index is 0.797. The SMILES string of the molecule is CNc1cc(Sc2nc(C)ns2)ncn1. The molecule has 7 heteroatoms. The Morgan fingerprint density at radius 1 is 1.40 bits per heavy atom. The highest BCUT2D eigenvalue weighted by Crippen LogP contribution is 2.27. The van der Waals surface area contributed by atoms with Gasteiger partial charge in [0, 0.05) is 13.1 Å². The third kappa shape index (κ3) is 2.63. The Kier molecular flexibility index (Phi) is 3.12. The third-order valence-corrected chi connectivity index (χ3v) is 3.37. The van der Waals surface area contributed by atoms with Gasteiger partial charge >= 0.3 is 0 Å². The first-order valence-corrected chi connectivity index (χ1v) is 5.85. The Bertz CT molecular complexity index is 456. The van der Waals surface area contributed by atoms with Crippen molar-refractivity contribution >= 4 is 29.1 Å². The van der Waals surface area contributed by atoms with E-state index in [2.05, 4.69) is 24.6 Å². The molecule has 0 saturated carbocycles. The number of hydrogen-bond acceptors (Lipinski definition) is 7. The standard InChI is InChI=1S/C8H9N5S2/c1-5-12-8(15-13-5)14-7-3-6(9-2)10-4-11-7/h3-4H,1-2H3,(H,9,10,11). The Labute approximate surface area is 95.6 Å². The van der Waals surface area contributed by atoms with Crippen LogP contribution >= 0.6 is 23.3 Å². The van der Waals surface area contributed by atoms with Crippen molar-refractivity contribution in [2.24, 2.45) is 0 Å². The van der Waals surface area contributed by atoms with E-state index in [9.17, 15) is 0 Å². The summed E-state index contributed by atoms with van der Waals surface area (Å²) >= 11 is 2.87. The van der Waals surface area contributed by atoms with Crippen molar-refractivity contribution in [2.45, 2.75) is 16.3 Å². The van der Waals surface area contributed by atoms with Crippen LogP contribution in [0.15, 0.2) is 21.8 Å². The lowest BCUT2D eigenvalue weighted by atomic mass is 10.6. The molecule has 2 aromatic rings. The molecule has 0 radical (unpaired) electrons. The number of rotatable bonds is 3. The molecule has 0 aromatic carbocycles. The zero-order valence-corrected chi connectivity index (χ0v) is 9.89. The number of nitrogens with zero attached hydrogens (tertiary/aromatic N) is 4. The predicted octanol–water partition coefficient (Wildman–Crippen LogP) is 1.83. The van der Waals surface area contributed by atoms with Crippen LogP contribution in [-0.2, 0) is 0 Å². The molecule has 0 atom stereocenters. The summed E-state index contributed by atoms with van der Waals surface area (Å²) in [5, 5.41) is 3.83. The fourth-order valence-electron chi connectivity index (χ4n) is 0.941. The quantitative estimate of drug-likeness (QED) is 0.824. The van der Waals surface area contributed by atoms with Gasteiger partial charge in [0.15, 0.2) is 4.34 Å². The summed E-state index contributed by atoms with van der Waals surface area (Å²) in [6.07, 6.45) is 1.53. The second-order valence-corrected chi connectivity index (χ2v) is 4.72. The molecule has 2 aromatic heterocycles. The van der Waals surface area contributed by atoms with Gasteiger partial charge in [-0.15, -0.1) is 0 Å². The molecular weight excluding hydrogens is 230 g/mol. The summed E-state index contributed by atoms with van der Waals surface area (Å²) in [6, 6.07) is 1.88. The Balaban J connectivity index is 2.16. The lowest BCUT2D eigenvalue weighted by molar-refractivity contribution is 1.04. The summed E-state index contributed by atoms with van der Waals surface area (Å²) < 4.78 is 5.00. The molecule has 0 bridgehead atoms. The zero-order chi connectivity index (χ0) is 10.7. The van der Waals surface area contributed by atoms with Crippen molar-refractivity contribution < 1.29 is 0 Å². The van der Waals surface area contributed by atoms with Crippen LogP contribution < -0.4 is 5.32 Å². The van der Waals surface area contributed by atoms with Crippen LogP contribution in [0.25, 0.3) is 0 Å². The van der Waals surface area contributed by atoms with E-state index in [4.69, 9.17) is 0 Å². The Hall–Kier alpha value is -1.21. The summed E-state index contributed by atoms with van der Waals surface area (Å²) in [7, 11) is 1.83. The maximum Gasteiger partial charge on any atom is 0.176 e. The molecule has 0 saturated heterocycles. The van der Waals surface area contributed by atoms with E-state index in [0.717, 1.165) is 21.0 Å². The van der Waals surface area contributed by atoms with Crippen LogP contribution in [0.2, 0.25) is 0 Å². The smallest absolute Gasteiger partial charge is 0.176 e. The van der Waals surface area contributed by atoms with Crippen molar-refractivity contribution in [3.8, 4) is 0 Å². The van der Waals surface area contributed by atoms with Gasteiger partial charge < -0.3 is 5.32 Å². The summed E-state index contributed by atoms with van der Waals surface area (Å²) in [5.41, 5.74) is 0. The number of nitrogens with one attached hydrogen (secondary N) is 1. The largest absolute Gasteiger partial charge is 0.373 e. The molecule has 78 valence electrons. The minimum Gasteiger partial charge on any atom is -0.373 e. The molecule has 15 heavy (non-hydrogen) atoms. The van der Waals surface area contributed by atoms with Gasteiger partial charge in [-0.05, 0) is 30.2 Å². The normalized spacial score (nSPS) is 10.3. The second-order valence-electron chi connectivity index (χ2n) is 2.70. The van der Waals surface area contributed by atoms with Crippen molar-refractivity contribution in [3.05, 3.63) is 18.2 Å². The fourth-order valence-corrected chi connectivity index (χ4v) is 2.51. The molecule has 0 fully saturated rings. The maximum absolute atomic E-state index is 4.25. The van der Waals surface area contributed by atoms with Crippen LogP contribution in [0.4, 0.5) is 5.82 Å². The molecule has 0 unspecified atom stereocenters. The number of aromatic nitrogens is 4. The molecule has 0 aliphatic carbocycles. The van der Waals surface area contributed by atoms with E-state index in [-0.39, 0.29) is 0 Å². The zero-order valence-electron chi connectivity index (χ0n) is 8.26. The third-order valence-electron chi connectivity index (χ3n) is 1.60. The molecule has 2 rings (SSSR count). The topological polar surface area (TPSA) is 63.6 Å².